The van der Waals surface area contributed by atoms with Crippen molar-refractivity contribution in [3.63, 3.8) is 0 Å². The van der Waals surface area contributed by atoms with Gasteiger partial charge in [-0.15, -0.1) is 0 Å². The second-order valence-corrected chi connectivity index (χ2v) is 6.01. The van der Waals surface area contributed by atoms with Crippen LogP contribution in [-0.2, 0) is 4.79 Å². The molecule has 0 saturated carbocycles. The number of benzene rings is 3. The minimum Gasteiger partial charge on any atom is -0.496 e. The Labute approximate surface area is 172 Å². The van der Waals surface area contributed by atoms with Crippen LogP contribution in [0.25, 0.3) is 0 Å². The molecule has 1 amide bonds. The largest absolute Gasteiger partial charge is 0.496 e. The number of ether oxygens (including phenoxy) is 2. The molecule has 0 spiro atoms. The number of methoxy groups -OCH3 is 1. The van der Waals surface area contributed by atoms with Crippen molar-refractivity contribution in [2.24, 2.45) is 10.2 Å². The average Bonchev–Trinajstić information content (AvgIpc) is 2.77. The molecule has 1 N–H and O–H groups in total. The van der Waals surface area contributed by atoms with Crippen LogP contribution >= 0.6 is 0 Å². The van der Waals surface area contributed by atoms with E-state index < -0.39 is 10.8 Å². The first-order chi connectivity index (χ1) is 14.5. The number of carbonyl (C=O) groups excluding carboxylic acids is 1. The lowest BCUT2D eigenvalue weighted by Crippen LogP contribution is -2.20. The van der Waals surface area contributed by atoms with Crippen molar-refractivity contribution in [3.05, 3.63) is 82.9 Å². The summed E-state index contributed by atoms with van der Waals surface area (Å²) in [7, 11) is 1.40. The highest BCUT2D eigenvalue weighted by molar-refractivity contribution is 5.92. The first-order valence-corrected chi connectivity index (χ1v) is 8.87. The molecule has 152 valence electrons. The Hall–Kier alpha value is -4.27. The van der Waals surface area contributed by atoms with Gasteiger partial charge in [0.05, 0.1) is 29.5 Å². The Kier molecular flexibility index (Phi) is 6.67. The minimum atomic E-state index is -0.599. The molecule has 9 nitrogen and oxygen atoms in total. The number of carbonyl (C=O) groups is 1. The van der Waals surface area contributed by atoms with Crippen LogP contribution in [0.1, 0.15) is 0 Å². The molecule has 3 rings (SSSR count). The highest BCUT2D eigenvalue weighted by Crippen LogP contribution is 2.31. The molecule has 0 bridgehead atoms. The third-order valence-electron chi connectivity index (χ3n) is 3.91. The van der Waals surface area contributed by atoms with Crippen molar-refractivity contribution in [1.82, 2.24) is 0 Å². The van der Waals surface area contributed by atoms with Crippen molar-refractivity contribution in [1.29, 1.82) is 0 Å². The monoisotopic (exact) mass is 406 g/mol. The number of amides is 1. The molecule has 0 unspecified atom stereocenters. The fraction of sp³-hybridized carbons (Fsp3) is 0.0952. The first-order valence-electron chi connectivity index (χ1n) is 8.87. The van der Waals surface area contributed by atoms with E-state index in [-0.39, 0.29) is 18.0 Å². The average molecular weight is 406 g/mol. The van der Waals surface area contributed by atoms with Crippen LogP contribution in [0.4, 0.5) is 22.7 Å². The Morgan fingerprint density at radius 3 is 2.30 bits per heavy atom. The van der Waals surface area contributed by atoms with Crippen molar-refractivity contribution in [3.8, 4) is 11.5 Å². The second kappa shape index (κ2) is 9.78. The van der Waals surface area contributed by atoms with Gasteiger partial charge in [-0.1, -0.05) is 18.2 Å². The fourth-order valence-corrected chi connectivity index (χ4v) is 2.45. The summed E-state index contributed by atoms with van der Waals surface area (Å²) in [5.74, 6) is -0.158. The van der Waals surface area contributed by atoms with Crippen LogP contribution in [0.3, 0.4) is 0 Å². The van der Waals surface area contributed by atoms with E-state index in [4.69, 9.17) is 9.47 Å². The minimum absolute atomic E-state index is 0.0207. The molecular weight excluding hydrogens is 388 g/mol. The maximum absolute atomic E-state index is 12.1. The smallest absolute Gasteiger partial charge is 0.314 e. The zero-order valence-corrected chi connectivity index (χ0v) is 16.0. The summed E-state index contributed by atoms with van der Waals surface area (Å²) in [5, 5.41) is 22.1. The summed E-state index contributed by atoms with van der Waals surface area (Å²) < 4.78 is 10.3. The predicted molar refractivity (Wildman–Crippen MR) is 111 cm³/mol. The number of hydrogen-bond donors (Lipinski definition) is 1. The molecule has 0 fully saturated rings. The van der Waals surface area contributed by atoms with Gasteiger partial charge < -0.3 is 14.8 Å². The van der Waals surface area contributed by atoms with Gasteiger partial charge in [-0.3, -0.25) is 14.9 Å². The van der Waals surface area contributed by atoms with Crippen molar-refractivity contribution in [2.45, 2.75) is 0 Å². The first kappa shape index (κ1) is 20.5. The maximum atomic E-state index is 12.1. The molecule has 0 radical (unpaired) electrons. The van der Waals surface area contributed by atoms with Gasteiger partial charge in [-0.05, 0) is 48.5 Å². The number of nitrogens with zero attached hydrogens (tertiary/aromatic N) is 3. The standard InChI is InChI=1S/C21H18N4O5/c1-29-18-11-12-20(19(13-18)25(27)28)30-14-21(26)22-15-7-9-17(10-8-15)24-23-16-5-3-2-4-6-16/h2-13H,14H2,1H3,(H,22,26). The molecule has 9 heteroatoms. The number of nitro benzene ring substituents is 1. The van der Waals surface area contributed by atoms with Gasteiger partial charge >= 0.3 is 5.69 Å². The quantitative estimate of drug-likeness (QED) is 0.320. The van der Waals surface area contributed by atoms with Gasteiger partial charge in [0.25, 0.3) is 5.91 Å². The van der Waals surface area contributed by atoms with Crippen molar-refractivity contribution >= 4 is 28.7 Å². The van der Waals surface area contributed by atoms with E-state index in [9.17, 15) is 14.9 Å². The molecular formula is C21H18N4O5. The van der Waals surface area contributed by atoms with Crippen LogP contribution in [-0.4, -0.2) is 24.5 Å². The number of nitro groups is 1. The third kappa shape index (κ3) is 5.61. The molecule has 3 aromatic carbocycles. The molecule has 0 heterocycles. The summed E-state index contributed by atoms with van der Waals surface area (Å²) in [6.45, 7) is -0.386. The molecule has 3 aromatic rings. The molecule has 0 aliphatic heterocycles. The van der Waals surface area contributed by atoms with E-state index in [0.717, 1.165) is 5.69 Å². The van der Waals surface area contributed by atoms with Crippen LogP contribution in [0.2, 0.25) is 0 Å². The van der Waals surface area contributed by atoms with Gasteiger partial charge in [0, 0.05) is 5.69 Å². The lowest BCUT2D eigenvalue weighted by molar-refractivity contribution is -0.385. The van der Waals surface area contributed by atoms with E-state index in [1.54, 1.807) is 24.3 Å². The van der Waals surface area contributed by atoms with E-state index in [2.05, 4.69) is 15.5 Å². The van der Waals surface area contributed by atoms with Crippen molar-refractivity contribution < 1.29 is 19.2 Å². The number of hydrogen-bond acceptors (Lipinski definition) is 7. The fourth-order valence-electron chi connectivity index (χ4n) is 2.45. The number of azo groups is 1. The van der Waals surface area contributed by atoms with Gasteiger partial charge in [-0.2, -0.15) is 10.2 Å². The summed E-state index contributed by atoms with van der Waals surface area (Å²) >= 11 is 0. The maximum Gasteiger partial charge on any atom is 0.314 e. The zero-order valence-electron chi connectivity index (χ0n) is 16.0. The van der Waals surface area contributed by atoms with Gasteiger partial charge in [0.15, 0.2) is 12.4 Å². The summed E-state index contributed by atoms with van der Waals surface area (Å²) in [4.78, 5) is 22.7. The predicted octanol–water partition coefficient (Wildman–Crippen LogP) is 5.04. The molecule has 0 aliphatic rings. The Morgan fingerprint density at radius 1 is 1.00 bits per heavy atom. The molecule has 0 atom stereocenters. The van der Waals surface area contributed by atoms with Gasteiger partial charge in [-0.25, -0.2) is 0 Å². The summed E-state index contributed by atoms with van der Waals surface area (Å²) in [6.07, 6.45) is 0. The topological polar surface area (TPSA) is 115 Å². The zero-order chi connectivity index (χ0) is 21.3. The Bertz CT molecular complexity index is 1050. The normalized spacial score (nSPS) is 10.6. The number of anilines is 1. The summed E-state index contributed by atoms with van der Waals surface area (Å²) in [5.41, 5.74) is 1.61. The lowest BCUT2D eigenvalue weighted by Gasteiger charge is -2.09. The SMILES string of the molecule is COc1ccc(OCC(=O)Nc2ccc(N=Nc3ccccc3)cc2)c([N+](=O)[O-])c1. The number of nitrogens with one attached hydrogen (secondary N) is 1. The lowest BCUT2D eigenvalue weighted by atomic mass is 10.2. The van der Waals surface area contributed by atoms with E-state index in [1.807, 2.05) is 30.3 Å². The van der Waals surface area contributed by atoms with Crippen LogP contribution in [0, 0.1) is 10.1 Å². The van der Waals surface area contributed by atoms with E-state index in [0.29, 0.717) is 17.1 Å². The Morgan fingerprint density at radius 2 is 1.67 bits per heavy atom. The van der Waals surface area contributed by atoms with Crippen LogP contribution in [0.5, 0.6) is 11.5 Å². The second-order valence-electron chi connectivity index (χ2n) is 6.01. The molecule has 30 heavy (non-hydrogen) atoms. The molecule has 0 aromatic heterocycles. The Balaban J connectivity index is 1.56. The van der Waals surface area contributed by atoms with Gasteiger partial charge in [0.2, 0.25) is 0 Å². The highest BCUT2D eigenvalue weighted by atomic mass is 16.6. The highest BCUT2D eigenvalue weighted by Gasteiger charge is 2.17. The van der Waals surface area contributed by atoms with Gasteiger partial charge in [0.1, 0.15) is 5.75 Å². The van der Waals surface area contributed by atoms with E-state index in [1.165, 1.54) is 25.3 Å². The molecule has 0 saturated heterocycles. The van der Waals surface area contributed by atoms with Crippen molar-refractivity contribution in [2.75, 3.05) is 19.0 Å². The van der Waals surface area contributed by atoms with Crippen LogP contribution in [0.15, 0.2) is 83.0 Å². The summed E-state index contributed by atoms with van der Waals surface area (Å²) in [6, 6.07) is 20.2. The van der Waals surface area contributed by atoms with Crippen LogP contribution < -0.4 is 14.8 Å². The van der Waals surface area contributed by atoms with E-state index >= 15 is 0 Å². The number of rotatable bonds is 8. The third-order valence-corrected chi connectivity index (χ3v) is 3.91. The molecule has 0 aliphatic carbocycles.